The predicted molar refractivity (Wildman–Crippen MR) is 72.9 cm³/mol. The van der Waals surface area contributed by atoms with E-state index in [1.807, 2.05) is 0 Å². The van der Waals surface area contributed by atoms with Gasteiger partial charge in [-0.25, -0.2) is 8.42 Å². The number of rotatable bonds is 5. The van der Waals surface area contributed by atoms with Crippen LogP contribution in [0.5, 0.6) is 0 Å². The first-order chi connectivity index (χ1) is 9.51. The van der Waals surface area contributed by atoms with Gasteiger partial charge in [-0.15, -0.1) is 5.10 Å². The molecule has 1 aromatic carbocycles. The summed E-state index contributed by atoms with van der Waals surface area (Å²) in [5.41, 5.74) is 0.676. The number of aromatic nitrogens is 2. The maximum atomic E-state index is 12.0. The Morgan fingerprint density at radius 1 is 1.35 bits per heavy atom. The molecule has 0 spiro atoms. The van der Waals surface area contributed by atoms with Crippen LogP contribution >= 0.6 is 11.5 Å². The van der Waals surface area contributed by atoms with Crippen molar-refractivity contribution < 1.29 is 17.9 Å². The number of esters is 1. The zero-order chi connectivity index (χ0) is 14.6. The standard InChI is InChI=1S/C11H11N3O4S2/c1-18-11(15)6-8-2-4-9(5-3-8)20(16,17)13-10-7-12-14-19-10/h2-5,7,13H,6H2,1H3. The summed E-state index contributed by atoms with van der Waals surface area (Å²) in [5.74, 6) is -0.380. The van der Waals surface area contributed by atoms with Gasteiger partial charge in [-0.2, -0.15) is 0 Å². The van der Waals surface area contributed by atoms with Gasteiger partial charge in [-0.3, -0.25) is 9.52 Å². The highest BCUT2D eigenvalue weighted by molar-refractivity contribution is 7.93. The topological polar surface area (TPSA) is 98.2 Å². The third-order valence-electron chi connectivity index (χ3n) is 2.41. The molecule has 0 aliphatic heterocycles. The van der Waals surface area contributed by atoms with Gasteiger partial charge in [-0.05, 0) is 17.7 Å². The summed E-state index contributed by atoms with van der Waals surface area (Å²) in [6, 6.07) is 5.98. The van der Waals surface area contributed by atoms with Crippen LogP contribution in [-0.4, -0.2) is 31.1 Å². The second-order valence-corrected chi connectivity index (χ2v) is 6.25. The van der Waals surface area contributed by atoms with Crippen molar-refractivity contribution in [2.24, 2.45) is 0 Å². The molecule has 0 saturated carbocycles. The molecule has 106 valence electrons. The molecule has 0 atom stereocenters. The summed E-state index contributed by atoms with van der Waals surface area (Å²) in [6.07, 6.45) is 1.43. The highest BCUT2D eigenvalue weighted by atomic mass is 32.2. The summed E-state index contributed by atoms with van der Waals surface area (Å²) in [5, 5.41) is 3.88. The third kappa shape index (κ3) is 3.52. The molecule has 0 saturated heterocycles. The number of methoxy groups -OCH3 is 1. The lowest BCUT2D eigenvalue weighted by Crippen LogP contribution is -2.12. The SMILES string of the molecule is COC(=O)Cc1ccc(S(=O)(=O)Nc2cnns2)cc1. The Balaban J connectivity index is 2.14. The van der Waals surface area contributed by atoms with Crippen LogP contribution in [0, 0.1) is 0 Å². The second kappa shape index (κ2) is 5.97. The molecule has 0 bridgehead atoms. The average Bonchev–Trinajstić information content (AvgIpc) is 2.91. The van der Waals surface area contributed by atoms with Gasteiger partial charge >= 0.3 is 5.97 Å². The highest BCUT2D eigenvalue weighted by Gasteiger charge is 2.15. The molecule has 0 radical (unpaired) electrons. The van der Waals surface area contributed by atoms with Crippen molar-refractivity contribution in [2.45, 2.75) is 11.3 Å². The van der Waals surface area contributed by atoms with Crippen LogP contribution in [0.1, 0.15) is 5.56 Å². The van der Waals surface area contributed by atoms with E-state index in [1.54, 1.807) is 12.1 Å². The van der Waals surface area contributed by atoms with Crippen LogP contribution in [-0.2, 0) is 26.0 Å². The first-order valence-corrected chi connectivity index (χ1v) is 7.73. The lowest BCUT2D eigenvalue weighted by Gasteiger charge is -2.06. The maximum Gasteiger partial charge on any atom is 0.309 e. The van der Waals surface area contributed by atoms with Crippen molar-refractivity contribution in [1.82, 2.24) is 9.59 Å². The zero-order valence-corrected chi connectivity index (χ0v) is 12.1. The number of carbonyl (C=O) groups is 1. The molecule has 0 unspecified atom stereocenters. The average molecular weight is 313 g/mol. The van der Waals surface area contributed by atoms with Gasteiger partial charge in [0.15, 0.2) is 0 Å². The van der Waals surface area contributed by atoms with Gasteiger partial charge in [0.05, 0.1) is 24.6 Å². The number of hydrogen-bond donors (Lipinski definition) is 1. The summed E-state index contributed by atoms with van der Waals surface area (Å²) in [7, 11) is -2.37. The Bertz CT molecular complexity index is 681. The third-order valence-corrected chi connectivity index (χ3v) is 4.50. The van der Waals surface area contributed by atoms with Gasteiger partial charge in [0.2, 0.25) is 0 Å². The minimum absolute atomic E-state index is 0.0968. The predicted octanol–water partition coefficient (Wildman–Crippen LogP) is 1.05. The van der Waals surface area contributed by atoms with Crippen molar-refractivity contribution in [3.05, 3.63) is 36.0 Å². The lowest BCUT2D eigenvalue weighted by molar-refractivity contribution is -0.139. The van der Waals surface area contributed by atoms with Crippen molar-refractivity contribution in [1.29, 1.82) is 0 Å². The molecule has 2 aromatic rings. The molecule has 20 heavy (non-hydrogen) atoms. The van der Waals surface area contributed by atoms with Crippen LogP contribution in [0.4, 0.5) is 5.00 Å². The maximum absolute atomic E-state index is 12.0. The fraction of sp³-hybridized carbons (Fsp3) is 0.182. The molecule has 9 heteroatoms. The van der Waals surface area contributed by atoms with Crippen molar-refractivity contribution in [2.75, 3.05) is 11.8 Å². The summed E-state index contributed by atoms with van der Waals surface area (Å²) < 4.78 is 34.5. The summed E-state index contributed by atoms with van der Waals surface area (Å²) in [6.45, 7) is 0. The number of benzene rings is 1. The quantitative estimate of drug-likeness (QED) is 0.829. The Labute approximate surface area is 119 Å². The molecule has 1 aromatic heterocycles. The molecule has 0 aliphatic carbocycles. The monoisotopic (exact) mass is 313 g/mol. The van der Waals surface area contributed by atoms with Crippen LogP contribution in [0.3, 0.4) is 0 Å². The Hall–Kier alpha value is -2.00. The smallest absolute Gasteiger partial charge is 0.309 e. The molecule has 1 heterocycles. The van der Waals surface area contributed by atoms with Gasteiger partial charge in [0.1, 0.15) is 5.00 Å². The van der Waals surface area contributed by atoms with Crippen LogP contribution < -0.4 is 4.72 Å². The number of anilines is 1. The minimum atomic E-state index is -3.67. The van der Waals surface area contributed by atoms with Crippen LogP contribution in [0.2, 0.25) is 0 Å². The van der Waals surface area contributed by atoms with Gasteiger partial charge in [0, 0.05) is 11.5 Å². The van der Waals surface area contributed by atoms with Crippen molar-refractivity contribution >= 4 is 32.5 Å². The van der Waals surface area contributed by atoms with E-state index < -0.39 is 10.0 Å². The fourth-order valence-electron chi connectivity index (χ4n) is 1.43. The van der Waals surface area contributed by atoms with E-state index in [4.69, 9.17) is 0 Å². The number of nitrogens with one attached hydrogen (secondary N) is 1. The zero-order valence-electron chi connectivity index (χ0n) is 10.4. The largest absolute Gasteiger partial charge is 0.469 e. The molecular formula is C11H11N3O4S2. The first kappa shape index (κ1) is 14.4. The molecule has 1 N–H and O–H groups in total. The van der Waals surface area contributed by atoms with Crippen molar-refractivity contribution in [3.63, 3.8) is 0 Å². The molecule has 2 rings (SSSR count). The Morgan fingerprint density at radius 3 is 2.60 bits per heavy atom. The number of hydrogen-bond acceptors (Lipinski definition) is 7. The normalized spacial score (nSPS) is 11.1. The van der Waals surface area contributed by atoms with Gasteiger partial charge in [0.25, 0.3) is 10.0 Å². The van der Waals surface area contributed by atoms with Crippen molar-refractivity contribution in [3.8, 4) is 0 Å². The van der Waals surface area contributed by atoms with E-state index in [0.29, 0.717) is 10.6 Å². The molecule has 0 amide bonds. The molecule has 0 aliphatic rings. The highest BCUT2D eigenvalue weighted by Crippen LogP contribution is 2.18. The fourth-order valence-corrected chi connectivity index (χ4v) is 3.11. The minimum Gasteiger partial charge on any atom is -0.469 e. The van der Waals surface area contributed by atoms with E-state index in [0.717, 1.165) is 11.5 Å². The Kier molecular flexibility index (Phi) is 4.30. The van der Waals surface area contributed by atoms with Gasteiger partial charge in [-0.1, -0.05) is 16.6 Å². The summed E-state index contributed by atoms with van der Waals surface area (Å²) in [4.78, 5) is 11.2. The van der Waals surface area contributed by atoms with E-state index >= 15 is 0 Å². The second-order valence-electron chi connectivity index (χ2n) is 3.78. The number of carbonyl (C=O) groups excluding carboxylic acids is 1. The molecule has 7 nitrogen and oxygen atoms in total. The van der Waals surface area contributed by atoms with E-state index in [1.165, 1.54) is 25.4 Å². The molecule has 0 fully saturated rings. The first-order valence-electron chi connectivity index (χ1n) is 5.47. The molecular weight excluding hydrogens is 302 g/mol. The number of nitrogens with zero attached hydrogens (tertiary/aromatic N) is 2. The van der Waals surface area contributed by atoms with E-state index in [9.17, 15) is 13.2 Å². The Morgan fingerprint density at radius 2 is 2.05 bits per heavy atom. The number of ether oxygens (including phenoxy) is 1. The van der Waals surface area contributed by atoms with E-state index in [2.05, 4.69) is 19.0 Å². The lowest BCUT2D eigenvalue weighted by atomic mass is 10.2. The van der Waals surface area contributed by atoms with E-state index in [-0.39, 0.29) is 17.3 Å². The van der Waals surface area contributed by atoms with Crippen LogP contribution in [0.25, 0.3) is 0 Å². The summed E-state index contributed by atoms with van der Waals surface area (Å²) >= 11 is 0.946. The van der Waals surface area contributed by atoms with Crippen LogP contribution in [0.15, 0.2) is 35.4 Å². The number of sulfonamides is 1. The van der Waals surface area contributed by atoms with Gasteiger partial charge < -0.3 is 4.74 Å².